The van der Waals surface area contributed by atoms with E-state index in [2.05, 4.69) is 0 Å². The minimum absolute atomic E-state index is 0.139. The summed E-state index contributed by atoms with van der Waals surface area (Å²) in [6.45, 7) is 1.39. The van der Waals surface area contributed by atoms with Crippen molar-refractivity contribution in [3.63, 3.8) is 0 Å². The van der Waals surface area contributed by atoms with Gasteiger partial charge in [-0.15, -0.1) is 0 Å². The van der Waals surface area contributed by atoms with Gasteiger partial charge in [0, 0.05) is 12.3 Å². The maximum Gasteiger partial charge on any atom is 0.357 e. The second-order valence-electron chi connectivity index (χ2n) is 2.43. The Morgan fingerprint density at radius 3 is 2.43 bits per heavy atom. The maximum atomic E-state index is 12.0. The van der Waals surface area contributed by atoms with E-state index in [0.29, 0.717) is 0 Å². The van der Waals surface area contributed by atoms with Crippen LogP contribution in [0.5, 0.6) is 0 Å². The van der Waals surface area contributed by atoms with Crippen molar-refractivity contribution in [3.05, 3.63) is 33.1 Å². The van der Waals surface area contributed by atoms with Crippen molar-refractivity contribution in [1.29, 1.82) is 0 Å². The largest absolute Gasteiger partial charge is 0.394 e. The molecule has 3 N–H and O–H groups in total. The van der Waals surface area contributed by atoms with Crippen LogP contribution in [0.2, 0.25) is 0 Å². The van der Waals surface area contributed by atoms with Crippen LogP contribution in [0.1, 0.15) is 6.92 Å². The number of aliphatic hydroxyl groups is 2. The van der Waals surface area contributed by atoms with Gasteiger partial charge in [-0.05, 0) is 6.92 Å². The lowest BCUT2D eigenvalue weighted by Gasteiger charge is -1.90. The fourth-order valence-corrected chi connectivity index (χ4v) is 0.406. The minimum Gasteiger partial charge on any atom is -0.394 e. The zero-order valence-electron chi connectivity index (χ0n) is 7.48. The Labute approximate surface area is 78.2 Å². The Kier molecular flexibility index (Phi) is 5.42. The van der Waals surface area contributed by atoms with Gasteiger partial charge in [0.2, 0.25) is 0 Å². The first-order chi connectivity index (χ1) is 6.49. The van der Waals surface area contributed by atoms with Crippen molar-refractivity contribution in [2.45, 2.75) is 13.0 Å². The van der Waals surface area contributed by atoms with E-state index in [1.54, 1.807) is 0 Å². The third kappa shape index (κ3) is 4.53. The molecule has 1 unspecified atom stereocenters. The molecule has 7 heteroatoms. The number of aliphatic hydroxyl groups excluding tert-OH is 2. The third-order valence-electron chi connectivity index (χ3n) is 1.07. The summed E-state index contributed by atoms with van der Waals surface area (Å²) in [6, 6.07) is 0.918. The Morgan fingerprint density at radius 1 is 1.64 bits per heavy atom. The molecule has 1 heterocycles. The van der Waals surface area contributed by atoms with Crippen LogP contribution in [0.15, 0.2) is 21.9 Å². The summed E-state index contributed by atoms with van der Waals surface area (Å²) >= 11 is 0. The van der Waals surface area contributed by atoms with Crippen molar-refractivity contribution in [1.82, 2.24) is 9.77 Å². The zero-order valence-corrected chi connectivity index (χ0v) is 7.48. The lowest BCUT2D eigenvalue weighted by molar-refractivity contribution is 0.110. The van der Waals surface area contributed by atoms with Crippen LogP contribution in [0.4, 0.5) is 4.48 Å². The van der Waals surface area contributed by atoms with Crippen molar-refractivity contribution in [2.24, 2.45) is 0 Å². The van der Waals surface area contributed by atoms with Gasteiger partial charge in [0.15, 0.2) is 0 Å². The summed E-state index contributed by atoms with van der Waals surface area (Å²) in [5.41, 5.74) is -2.01. The molecule has 14 heavy (non-hydrogen) atoms. The Morgan fingerprint density at radius 2 is 2.14 bits per heavy atom. The van der Waals surface area contributed by atoms with Crippen LogP contribution in [0.25, 0.3) is 0 Å². The molecule has 0 aliphatic heterocycles. The van der Waals surface area contributed by atoms with Gasteiger partial charge in [-0.2, -0.15) is 0 Å². The first kappa shape index (κ1) is 12.5. The first-order valence-corrected chi connectivity index (χ1v) is 3.75. The molecule has 1 aromatic heterocycles. The number of aromatic nitrogens is 2. The quantitative estimate of drug-likeness (QED) is 0.528. The summed E-state index contributed by atoms with van der Waals surface area (Å²) in [5.74, 6) is 0. The highest BCUT2D eigenvalue weighted by Gasteiger charge is 1.93. The molecular formula is C7H11FN2O4. The lowest BCUT2D eigenvalue weighted by Crippen LogP contribution is -2.28. The number of nitrogens with one attached hydrogen (secondary N) is 1. The molecule has 1 atom stereocenters. The van der Waals surface area contributed by atoms with Crippen LogP contribution in [0.3, 0.4) is 0 Å². The van der Waals surface area contributed by atoms with Gasteiger partial charge in [-0.3, -0.25) is 4.79 Å². The summed E-state index contributed by atoms with van der Waals surface area (Å²) < 4.78 is 12.0. The molecule has 1 rings (SSSR count). The molecule has 0 bridgehead atoms. The SMILES string of the molecule is CC(O)CO.O=c1cc[nH]c(=O)n1F. The van der Waals surface area contributed by atoms with E-state index >= 15 is 0 Å². The van der Waals surface area contributed by atoms with Crippen molar-refractivity contribution >= 4 is 0 Å². The van der Waals surface area contributed by atoms with E-state index < -0.39 is 22.1 Å². The number of halogens is 1. The summed E-state index contributed by atoms with van der Waals surface area (Å²) in [4.78, 5) is 21.9. The molecule has 1 aromatic rings. The third-order valence-corrected chi connectivity index (χ3v) is 1.07. The van der Waals surface area contributed by atoms with E-state index in [9.17, 15) is 14.1 Å². The molecule has 0 amide bonds. The van der Waals surface area contributed by atoms with Gasteiger partial charge >= 0.3 is 5.69 Å². The number of aromatic amines is 1. The normalized spacial score (nSPS) is 11.4. The number of nitrogens with zero attached hydrogens (tertiary/aromatic N) is 1. The number of H-pyrrole nitrogens is 1. The smallest absolute Gasteiger partial charge is 0.357 e. The molecule has 0 aliphatic carbocycles. The fraction of sp³-hybridized carbons (Fsp3) is 0.429. The van der Waals surface area contributed by atoms with Gasteiger partial charge in [-0.1, -0.05) is 9.27 Å². The number of hydrogen-bond acceptors (Lipinski definition) is 4. The summed E-state index contributed by atoms with van der Waals surface area (Å²) in [5, 5.41) is 16.0. The highest BCUT2D eigenvalue weighted by Crippen LogP contribution is 1.68. The molecule has 0 radical (unpaired) electrons. The minimum atomic E-state index is -1.05. The molecule has 0 aliphatic rings. The lowest BCUT2D eigenvalue weighted by atomic mass is 10.5. The second kappa shape index (κ2) is 6.06. The van der Waals surface area contributed by atoms with Crippen LogP contribution in [0, 0.1) is 0 Å². The first-order valence-electron chi connectivity index (χ1n) is 3.75. The summed E-state index contributed by atoms with van der Waals surface area (Å²) in [6.07, 6.45) is 0.524. The van der Waals surface area contributed by atoms with Crippen LogP contribution in [-0.4, -0.2) is 32.7 Å². The van der Waals surface area contributed by atoms with E-state index in [4.69, 9.17) is 10.2 Å². The summed E-state index contributed by atoms with van der Waals surface area (Å²) in [7, 11) is 0. The molecular weight excluding hydrogens is 195 g/mol. The standard InChI is InChI=1S/C4H3FN2O2.C3H8O2/c5-7-3(8)1-2-6-4(7)9;1-3(5)2-4/h1-2H,(H,6,9);3-5H,2H2,1H3. The zero-order chi connectivity index (χ0) is 11.1. The average Bonchev–Trinajstić information content (AvgIpc) is 2.15. The van der Waals surface area contributed by atoms with Gasteiger partial charge in [0.1, 0.15) is 0 Å². The predicted molar refractivity (Wildman–Crippen MR) is 46.6 cm³/mol. The van der Waals surface area contributed by atoms with Gasteiger partial charge in [-0.25, -0.2) is 4.79 Å². The molecule has 0 saturated heterocycles. The molecule has 0 spiro atoms. The van der Waals surface area contributed by atoms with Gasteiger partial charge < -0.3 is 15.2 Å². The molecule has 6 nitrogen and oxygen atoms in total. The van der Waals surface area contributed by atoms with Crippen LogP contribution >= 0.6 is 0 Å². The second-order valence-corrected chi connectivity index (χ2v) is 2.43. The van der Waals surface area contributed by atoms with E-state index in [1.807, 2.05) is 4.98 Å². The Hall–Kier alpha value is -1.47. The molecule has 0 fully saturated rings. The van der Waals surface area contributed by atoms with Crippen LogP contribution < -0.4 is 11.2 Å². The molecule has 80 valence electrons. The van der Waals surface area contributed by atoms with Crippen LogP contribution in [-0.2, 0) is 0 Å². The monoisotopic (exact) mass is 206 g/mol. The Balaban J connectivity index is 0.000000292. The number of rotatable bonds is 1. The highest BCUT2D eigenvalue weighted by molar-refractivity contribution is 4.79. The number of hydrogen-bond donors (Lipinski definition) is 3. The van der Waals surface area contributed by atoms with Gasteiger partial charge in [0.05, 0.1) is 12.7 Å². The molecule has 0 aromatic carbocycles. The van der Waals surface area contributed by atoms with Crippen molar-refractivity contribution in [3.8, 4) is 0 Å². The van der Waals surface area contributed by atoms with Gasteiger partial charge in [0.25, 0.3) is 5.56 Å². The van der Waals surface area contributed by atoms with Crippen molar-refractivity contribution < 1.29 is 14.7 Å². The predicted octanol–water partition coefficient (Wildman–Crippen LogP) is -1.37. The maximum absolute atomic E-state index is 12.0. The average molecular weight is 206 g/mol. The topological polar surface area (TPSA) is 95.3 Å². The van der Waals surface area contributed by atoms with E-state index in [0.717, 1.165) is 12.3 Å². The van der Waals surface area contributed by atoms with Crippen molar-refractivity contribution in [2.75, 3.05) is 6.61 Å². The fourth-order valence-electron chi connectivity index (χ4n) is 0.406. The molecule has 0 saturated carbocycles. The highest BCUT2D eigenvalue weighted by atomic mass is 19.2. The van der Waals surface area contributed by atoms with E-state index in [-0.39, 0.29) is 6.61 Å². The Bertz CT molecular complexity index is 342. The van der Waals surface area contributed by atoms with E-state index in [1.165, 1.54) is 6.92 Å².